The lowest BCUT2D eigenvalue weighted by Gasteiger charge is -2.26. The number of amides is 1. The van der Waals surface area contributed by atoms with E-state index in [2.05, 4.69) is 9.97 Å². The summed E-state index contributed by atoms with van der Waals surface area (Å²) in [5.74, 6) is 0.0413. The number of H-pyrrole nitrogens is 1. The lowest BCUT2D eigenvalue weighted by molar-refractivity contribution is 0.0728. The summed E-state index contributed by atoms with van der Waals surface area (Å²) < 4.78 is 0. The van der Waals surface area contributed by atoms with Crippen molar-refractivity contribution < 1.29 is 4.79 Å². The topological polar surface area (TPSA) is 66.1 Å². The van der Waals surface area contributed by atoms with E-state index >= 15 is 0 Å². The van der Waals surface area contributed by atoms with Crippen LogP contribution in [0.2, 0.25) is 0 Å². The molecule has 0 unspecified atom stereocenters. The molecule has 1 N–H and O–H groups in total. The van der Waals surface area contributed by atoms with Crippen LogP contribution in [0.15, 0.2) is 11.1 Å². The van der Waals surface area contributed by atoms with Crippen molar-refractivity contribution in [3.63, 3.8) is 0 Å². The molecule has 1 saturated heterocycles. The summed E-state index contributed by atoms with van der Waals surface area (Å²) in [7, 11) is 0. The number of carbonyl (C=O) groups excluding carboxylic acids is 1. The van der Waals surface area contributed by atoms with Gasteiger partial charge < -0.3 is 9.88 Å². The van der Waals surface area contributed by atoms with Crippen LogP contribution in [0.25, 0.3) is 10.2 Å². The number of piperidine rings is 1. The summed E-state index contributed by atoms with van der Waals surface area (Å²) in [5.41, 5.74) is 0.585. The molecule has 3 heterocycles. The number of fused-ring (bicyclic) bond motifs is 1. The monoisotopic (exact) mass is 277 g/mol. The molecule has 1 aliphatic rings. The van der Waals surface area contributed by atoms with E-state index in [0.29, 0.717) is 15.1 Å². The Morgan fingerprint density at radius 2 is 2.11 bits per heavy atom. The fourth-order valence-corrected chi connectivity index (χ4v) is 3.64. The number of rotatable bonds is 1. The molecular weight excluding hydrogens is 262 g/mol. The van der Waals surface area contributed by atoms with Gasteiger partial charge in [0.05, 0.1) is 16.6 Å². The highest BCUT2D eigenvalue weighted by molar-refractivity contribution is 7.20. The SMILES string of the molecule is Cc1c(C(=O)N2CCCCC2)sc2nc[nH]c(=O)c12. The van der Waals surface area contributed by atoms with E-state index in [4.69, 9.17) is 0 Å². The summed E-state index contributed by atoms with van der Waals surface area (Å²) in [5, 5.41) is 0.549. The van der Waals surface area contributed by atoms with Crippen LogP contribution in [0.4, 0.5) is 0 Å². The Bertz CT molecular complexity index is 683. The lowest BCUT2D eigenvalue weighted by Crippen LogP contribution is -2.35. The smallest absolute Gasteiger partial charge is 0.264 e. The molecule has 1 amide bonds. The molecule has 6 heteroatoms. The second-order valence-electron chi connectivity index (χ2n) is 4.82. The van der Waals surface area contributed by atoms with Crippen LogP contribution in [-0.4, -0.2) is 33.9 Å². The first-order valence-corrected chi connectivity index (χ1v) is 7.26. The minimum absolute atomic E-state index is 0.0413. The third kappa shape index (κ3) is 2.06. The maximum absolute atomic E-state index is 12.5. The fourth-order valence-electron chi connectivity index (χ4n) is 2.52. The number of aromatic nitrogens is 2. The Kier molecular flexibility index (Phi) is 3.10. The Balaban J connectivity index is 2.05. The van der Waals surface area contributed by atoms with E-state index in [9.17, 15) is 9.59 Å². The molecule has 1 fully saturated rings. The van der Waals surface area contributed by atoms with Gasteiger partial charge in [0.15, 0.2) is 0 Å². The van der Waals surface area contributed by atoms with Gasteiger partial charge >= 0.3 is 0 Å². The van der Waals surface area contributed by atoms with Gasteiger partial charge in [-0.2, -0.15) is 0 Å². The van der Waals surface area contributed by atoms with Crippen LogP contribution in [0, 0.1) is 6.92 Å². The van der Waals surface area contributed by atoms with Crippen molar-refractivity contribution in [2.75, 3.05) is 13.1 Å². The Hall–Kier alpha value is -1.69. The largest absolute Gasteiger partial charge is 0.338 e. The normalized spacial score (nSPS) is 15.9. The minimum atomic E-state index is -0.170. The summed E-state index contributed by atoms with van der Waals surface area (Å²) in [6.45, 7) is 3.46. The number of hydrogen-bond donors (Lipinski definition) is 1. The van der Waals surface area contributed by atoms with E-state index in [1.807, 2.05) is 11.8 Å². The molecule has 0 atom stereocenters. The zero-order chi connectivity index (χ0) is 13.4. The van der Waals surface area contributed by atoms with Crippen molar-refractivity contribution in [1.82, 2.24) is 14.9 Å². The third-order valence-corrected chi connectivity index (χ3v) is 4.76. The zero-order valence-corrected chi connectivity index (χ0v) is 11.5. The van der Waals surface area contributed by atoms with Gasteiger partial charge in [0, 0.05) is 13.1 Å². The van der Waals surface area contributed by atoms with Crippen LogP contribution >= 0.6 is 11.3 Å². The number of likely N-dealkylation sites (tertiary alicyclic amines) is 1. The average molecular weight is 277 g/mol. The number of hydrogen-bond acceptors (Lipinski definition) is 4. The predicted octanol–water partition coefficient (Wildman–Crippen LogP) is 1.92. The molecule has 19 heavy (non-hydrogen) atoms. The number of nitrogens with one attached hydrogen (secondary N) is 1. The molecule has 3 rings (SSSR count). The van der Waals surface area contributed by atoms with E-state index in [1.54, 1.807) is 0 Å². The van der Waals surface area contributed by atoms with Crippen molar-refractivity contribution >= 4 is 27.5 Å². The van der Waals surface area contributed by atoms with Gasteiger partial charge in [0.2, 0.25) is 0 Å². The summed E-state index contributed by atoms with van der Waals surface area (Å²) in [6.07, 6.45) is 4.70. The number of aromatic amines is 1. The van der Waals surface area contributed by atoms with Crippen LogP contribution in [0.5, 0.6) is 0 Å². The van der Waals surface area contributed by atoms with Gasteiger partial charge in [-0.3, -0.25) is 9.59 Å². The van der Waals surface area contributed by atoms with E-state index in [0.717, 1.165) is 31.5 Å². The molecule has 100 valence electrons. The van der Waals surface area contributed by atoms with Crippen LogP contribution in [0.1, 0.15) is 34.5 Å². The van der Waals surface area contributed by atoms with E-state index in [1.165, 1.54) is 24.1 Å². The van der Waals surface area contributed by atoms with Crippen LogP contribution in [0.3, 0.4) is 0 Å². The average Bonchev–Trinajstić information content (AvgIpc) is 2.78. The van der Waals surface area contributed by atoms with Gasteiger partial charge in [-0.25, -0.2) is 4.98 Å². The Morgan fingerprint density at radius 1 is 1.37 bits per heavy atom. The van der Waals surface area contributed by atoms with Crippen LogP contribution in [-0.2, 0) is 0 Å². The maximum atomic E-state index is 12.5. The number of aryl methyl sites for hydroxylation is 1. The van der Waals surface area contributed by atoms with Crippen molar-refractivity contribution in [3.8, 4) is 0 Å². The van der Waals surface area contributed by atoms with Gasteiger partial charge in [-0.15, -0.1) is 11.3 Å². The van der Waals surface area contributed by atoms with Crippen molar-refractivity contribution in [1.29, 1.82) is 0 Å². The molecule has 0 radical (unpaired) electrons. The predicted molar refractivity (Wildman–Crippen MR) is 74.7 cm³/mol. The Morgan fingerprint density at radius 3 is 2.79 bits per heavy atom. The number of thiophene rings is 1. The summed E-state index contributed by atoms with van der Waals surface area (Å²) in [6, 6.07) is 0. The first-order chi connectivity index (χ1) is 9.18. The Labute approximate surface area is 114 Å². The molecule has 1 aliphatic heterocycles. The van der Waals surface area contributed by atoms with Crippen molar-refractivity contribution in [2.24, 2.45) is 0 Å². The summed E-state index contributed by atoms with van der Waals surface area (Å²) in [4.78, 5) is 34.2. The highest BCUT2D eigenvalue weighted by Crippen LogP contribution is 2.28. The second kappa shape index (κ2) is 4.77. The van der Waals surface area contributed by atoms with Crippen molar-refractivity contribution in [2.45, 2.75) is 26.2 Å². The molecule has 2 aromatic heterocycles. The third-order valence-electron chi connectivity index (χ3n) is 3.57. The molecule has 5 nitrogen and oxygen atoms in total. The zero-order valence-electron chi connectivity index (χ0n) is 10.7. The van der Waals surface area contributed by atoms with E-state index in [-0.39, 0.29) is 11.5 Å². The van der Waals surface area contributed by atoms with Crippen molar-refractivity contribution in [3.05, 3.63) is 27.1 Å². The van der Waals surface area contributed by atoms with Crippen LogP contribution < -0.4 is 5.56 Å². The lowest BCUT2D eigenvalue weighted by atomic mass is 10.1. The fraction of sp³-hybridized carbons (Fsp3) is 0.462. The summed E-state index contributed by atoms with van der Waals surface area (Å²) >= 11 is 1.32. The highest BCUT2D eigenvalue weighted by atomic mass is 32.1. The standard InChI is InChI=1S/C13H15N3O2S/c1-8-9-11(17)14-7-15-12(9)19-10(8)13(18)16-5-3-2-4-6-16/h7H,2-6H2,1H3,(H,14,15,17). The first kappa shape index (κ1) is 12.3. The quantitative estimate of drug-likeness (QED) is 0.866. The molecule has 0 aliphatic carbocycles. The molecule has 0 spiro atoms. The minimum Gasteiger partial charge on any atom is -0.338 e. The second-order valence-corrected chi connectivity index (χ2v) is 5.82. The molecule has 0 aromatic carbocycles. The molecule has 0 bridgehead atoms. The van der Waals surface area contributed by atoms with E-state index < -0.39 is 0 Å². The first-order valence-electron chi connectivity index (χ1n) is 6.44. The number of nitrogens with zero attached hydrogens (tertiary/aromatic N) is 2. The molecule has 2 aromatic rings. The maximum Gasteiger partial charge on any atom is 0.264 e. The highest BCUT2D eigenvalue weighted by Gasteiger charge is 2.23. The molecule has 0 saturated carbocycles. The number of carbonyl (C=O) groups is 1. The molecular formula is C13H15N3O2S. The van der Waals surface area contributed by atoms with Gasteiger partial charge in [-0.05, 0) is 31.7 Å². The van der Waals surface area contributed by atoms with Gasteiger partial charge in [0.1, 0.15) is 4.83 Å². The van der Waals surface area contributed by atoms with Gasteiger partial charge in [-0.1, -0.05) is 0 Å². The van der Waals surface area contributed by atoms with Gasteiger partial charge in [0.25, 0.3) is 11.5 Å².